The number of hydrogen-bond donors (Lipinski definition) is 1. The lowest BCUT2D eigenvalue weighted by Crippen LogP contribution is -2.17. The summed E-state index contributed by atoms with van der Waals surface area (Å²) in [7, 11) is 0. The van der Waals surface area contributed by atoms with Crippen LogP contribution in [0.2, 0.25) is 0 Å². The first kappa shape index (κ1) is 13.4. The van der Waals surface area contributed by atoms with E-state index in [1.807, 2.05) is 0 Å². The van der Waals surface area contributed by atoms with Gasteiger partial charge in [0.15, 0.2) is 0 Å². The molecule has 1 saturated heterocycles. The Morgan fingerprint density at radius 2 is 1.85 bits per heavy atom. The van der Waals surface area contributed by atoms with Gasteiger partial charge < -0.3 is 10.2 Å². The molecule has 0 bridgehead atoms. The van der Waals surface area contributed by atoms with E-state index in [9.17, 15) is 0 Å². The maximum absolute atomic E-state index is 4.55. The molecule has 1 aromatic heterocycles. The zero-order chi connectivity index (χ0) is 13.9. The molecule has 0 saturated carbocycles. The van der Waals surface area contributed by atoms with Crippen LogP contribution in [0.4, 0.5) is 11.4 Å². The molecule has 0 unspecified atom stereocenters. The Labute approximate surface area is 124 Å². The van der Waals surface area contributed by atoms with E-state index in [-0.39, 0.29) is 0 Å². The van der Waals surface area contributed by atoms with Crippen molar-refractivity contribution >= 4 is 22.7 Å². The van der Waals surface area contributed by atoms with Crippen molar-refractivity contribution < 1.29 is 0 Å². The molecule has 4 heteroatoms. The van der Waals surface area contributed by atoms with E-state index in [2.05, 4.69) is 53.3 Å². The summed E-state index contributed by atoms with van der Waals surface area (Å²) in [6.45, 7) is 7.40. The van der Waals surface area contributed by atoms with E-state index >= 15 is 0 Å². The summed E-state index contributed by atoms with van der Waals surface area (Å²) in [5.74, 6) is 0. The van der Waals surface area contributed by atoms with Crippen LogP contribution in [0.1, 0.15) is 28.4 Å². The van der Waals surface area contributed by atoms with Gasteiger partial charge in [0, 0.05) is 29.3 Å². The van der Waals surface area contributed by atoms with Gasteiger partial charge in [-0.15, -0.1) is 11.3 Å². The van der Waals surface area contributed by atoms with E-state index in [0.29, 0.717) is 0 Å². The molecule has 0 spiro atoms. The Kier molecular flexibility index (Phi) is 3.92. The van der Waals surface area contributed by atoms with E-state index in [1.54, 1.807) is 11.3 Å². The predicted octanol–water partition coefficient (Wildman–Crippen LogP) is 3.97. The van der Waals surface area contributed by atoms with Crippen LogP contribution in [0.25, 0.3) is 0 Å². The molecule has 3 rings (SSSR count). The fourth-order valence-electron chi connectivity index (χ4n) is 2.56. The fourth-order valence-corrected chi connectivity index (χ4v) is 3.43. The first-order chi connectivity index (χ1) is 9.72. The van der Waals surface area contributed by atoms with Gasteiger partial charge in [-0.1, -0.05) is 0 Å². The molecule has 1 aliphatic rings. The molecule has 1 fully saturated rings. The quantitative estimate of drug-likeness (QED) is 0.922. The number of rotatable bonds is 4. The second-order valence-electron chi connectivity index (χ2n) is 5.34. The molecule has 20 heavy (non-hydrogen) atoms. The third-order valence-corrected chi connectivity index (χ3v) is 4.93. The molecule has 106 valence electrons. The van der Waals surface area contributed by atoms with Gasteiger partial charge >= 0.3 is 0 Å². The van der Waals surface area contributed by atoms with Crippen molar-refractivity contribution in [1.29, 1.82) is 0 Å². The topological polar surface area (TPSA) is 28.2 Å². The number of anilines is 2. The second kappa shape index (κ2) is 5.83. The van der Waals surface area contributed by atoms with Crippen molar-refractivity contribution in [2.24, 2.45) is 0 Å². The maximum atomic E-state index is 4.55. The number of aromatic nitrogens is 1. The van der Waals surface area contributed by atoms with Crippen molar-refractivity contribution in [3.63, 3.8) is 0 Å². The lowest BCUT2D eigenvalue weighted by atomic mass is 10.2. The lowest BCUT2D eigenvalue weighted by molar-refractivity contribution is 0.949. The molecular weight excluding hydrogens is 266 g/mol. The van der Waals surface area contributed by atoms with Crippen molar-refractivity contribution in [2.75, 3.05) is 23.3 Å². The Morgan fingerprint density at radius 1 is 1.15 bits per heavy atom. The molecule has 1 N–H and O–H groups in total. The minimum Gasteiger partial charge on any atom is -0.379 e. The third kappa shape index (κ3) is 2.96. The van der Waals surface area contributed by atoms with Crippen molar-refractivity contribution in [3.8, 4) is 0 Å². The molecule has 0 aliphatic carbocycles. The molecule has 0 amide bonds. The highest BCUT2D eigenvalue weighted by Gasteiger charge is 2.11. The van der Waals surface area contributed by atoms with Gasteiger partial charge in [-0.3, -0.25) is 0 Å². The molecular formula is C16H21N3S. The number of aryl methyl sites for hydroxylation is 2. The standard InChI is InChI=1S/C16H21N3S/c1-12-13(2)20-16(18-12)11-17-14-5-7-15(8-6-14)19-9-3-4-10-19/h5-8,17H,3-4,9-11H2,1-2H3. The number of hydrogen-bond acceptors (Lipinski definition) is 4. The van der Waals surface area contributed by atoms with Gasteiger partial charge in [-0.05, 0) is 51.0 Å². The Bertz CT molecular complexity index is 548. The van der Waals surface area contributed by atoms with Crippen LogP contribution in [-0.4, -0.2) is 18.1 Å². The minimum absolute atomic E-state index is 0.808. The number of thiazole rings is 1. The monoisotopic (exact) mass is 287 g/mol. The fraction of sp³-hybridized carbons (Fsp3) is 0.438. The molecule has 0 atom stereocenters. The first-order valence-corrected chi connectivity index (χ1v) is 8.06. The summed E-state index contributed by atoms with van der Waals surface area (Å²) in [6, 6.07) is 8.76. The van der Waals surface area contributed by atoms with Gasteiger partial charge in [0.1, 0.15) is 5.01 Å². The highest BCUT2D eigenvalue weighted by molar-refractivity contribution is 7.11. The average Bonchev–Trinajstić information content (AvgIpc) is 3.08. The van der Waals surface area contributed by atoms with Gasteiger partial charge in [0.25, 0.3) is 0 Å². The van der Waals surface area contributed by atoms with E-state index in [4.69, 9.17) is 0 Å². The summed E-state index contributed by atoms with van der Waals surface area (Å²) in [4.78, 5) is 8.32. The Hall–Kier alpha value is -1.55. The Balaban J connectivity index is 1.60. The highest BCUT2D eigenvalue weighted by atomic mass is 32.1. The van der Waals surface area contributed by atoms with Crippen molar-refractivity contribution in [2.45, 2.75) is 33.2 Å². The van der Waals surface area contributed by atoms with Crippen LogP contribution in [0.15, 0.2) is 24.3 Å². The molecule has 1 aliphatic heterocycles. The minimum atomic E-state index is 0.808. The number of benzene rings is 1. The zero-order valence-electron chi connectivity index (χ0n) is 12.1. The summed E-state index contributed by atoms with van der Waals surface area (Å²) in [5.41, 5.74) is 3.66. The largest absolute Gasteiger partial charge is 0.379 e. The SMILES string of the molecule is Cc1nc(CNc2ccc(N3CCCC3)cc2)sc1C. The molecule has 1 aromatic carbocycles. The van der Waals surface area contributed by atoms with Crippen LogP contribution in [0, 0.1) is 13.8 Å². The van der Waals surface area contributed by atoms with Crippen LogP contribution >= 0.6 is 11.3 Å². The van der Waals surface area contributed by atoms with Gasteiger partial charge in [0.2, 0.25) is 0 Å². The normalized spacial score (nSPS) is 14.8. The van der Waals surface area contributed by atoms with Gasteiger partial charge in [-0.2, -0.15) is 0 Å². The molecule has 3 nitrogen and oxygen atoms in total. The Morgan fingerprint density at radius 3 is 2.45 bits per heavy atom. The van der Waals surface area contributed by atoms with E-state index < -0.39 is 0 Å². The second-order valence-corrected chi connectivity index (χ2v) is 6.63. The zero-order valence-corrected chi connectivity index (χ0v) is 13.0. The van der Waals surface area contributed by atoms with Crippen LogP contribution in [0.3, 0.4) is 0 Å². The molecule has 2 aromatic rings. The summed E-state index contributed by atoms with van der Waals surface area (Å²) >= 11 is 1.78. The van der Waals surface area contributed by atoms with Gasteiger partial charge in [-0.25, -0.2) is 4.98 Å². The summed E-state index contributed by atoms with van der Waals surface area (Å²) in [6.07, 6.45) is 2.64. The number of nitrogens with one attached hydrogen (secondary N) is 1. The summed E-state index contributed by atoms with van der Waals surface area (Å²) in [5, 5.41) is 4.60. The van der Waals surface area contributed by atoms with Crippen molar-refractivity contribution in [1.82, 2.24) is 4.98 Å². The predicted molar refractivity (Wildman–Crippen MR) is 86.8 cm³/mol. The van der Waals surface area contributed by atoms with E-state index in [0.717, 1.165) is 17.2 Å². The molecule has 2 heterocycles. The van der Waals surface area contributed by atoms with Crippen LogP contribution < -0.4 is 10.2 Å². The lowest BCUT2D eigenvalue weighted by Gasteiger charge is -2.17. The van der Waals surface area contributed by atoms with Crippen molar-refractivity contribution in [3.05, 3.63) is 39.8 Å². The highest BCUT2D eigenvalue weighted by Crippen LogP contribution is 2.23. The summed E-state index contributed by atoms with van der Waals surface area (Å²) < 4.78 is 0. The van der Waals surface area contributed by atoms with E-state index in [1.165, 1.54) is 42.2 Å². The van der Waals surface area contributed by atoms with Crippen LogP contribution in [0.5, 0.6) is 0 Å². The first-order valence-electron chi connectivity index (χ1n) is 7.24. The smallest absolute Gasteiger partial charge is 0.112 e. The number of nitrogens with zero attached hydrogens (tertiary/aromatic N) is 2. The van der Waals surface area contributed by atoms with Gasteiger partial charge in [0.05, 0.1) is 12.2 Å². The third-order valence-electron chi connectivity index (χ3n) is 3.86. The van der Waals surface area contributed by atoms with Crippen LogP contribution in [-0.2, 0) is 6.54 Å². The average molecular weight is 287 g/mol. The molecule has 0 radical (unpaired) electrons. The maximum Gasteiger partial charge on any atom is 0.112 e.